The summed E-state index contributed by atoms with van der Waals surface area (Å²) in [6.07, 6.45) is 1.53. The van der Waals surface area contributed by atoms with Crippen LogP contribution in [0.15, 0.2) is 6.33 Å². The molecule has 0 fully saturated rings. The zero-order valence-corrected chi connectivity index (χ0v) is 11.4. The number of hydrogen-bond acceptors (Lipinski definition) is 4. The molecule has 8 heteroatoms. The molecule has 2 atom stereocenters. The van der Waals surface area contributed by atoms with E-state index in [1.807, 2.05) is 0 Å². The molecule has 1 heterocycles. The van der Waals surface area contributed by atoms with Gasteiger partial charge in [0.1, 0.15) is 12.4 Å². The fourth-order valence-corrected chi connectivity index (χ4v) is 1.64. The first kappa shape index (κ1) is 14.9. The number of aromatic nitrogens is 3. The van der Waals surface area contributed by atoms with Crippen molar-refractivity contribution in [2.75, 3.05) is 0 Å². The topological polar surface area (TPSA) is 109 Å². The highest BCUT2D eigenvalue weighted by molar-refractivity contribution is 5.82. The molecular formula is C11H19N5O3. The molecule has 0 aliphatic heterocycles. The van der Waals surface area contributed by atoms with E-state index in [0.29, 0.717) is 5.82 Å². The predicted octanol–water partition coefficient (Wildman–Crippen LogP) is 0.285. The Bertz CT molecular complexity index is 457. The summed E-state index contributed by atoms with van der Waals surface area (Å²) in [6.45, 7) is 5.20. The molecule has 1 aromatic heterocycles. The summed E-state index contributed by atoms with van der Waals surface area (Å²) >= 11 is 0. The number of rotatable bonds is 5. The molecule has 1 aromatic rings. The van der Waals surface area contributed by atoms with Crippen LogP contribution < -0.4 is 10.6 Å². The Morgan fingerprint density at radius 2 is 1.95 bits per heavy atom. The van der Waals surface area contributed by atoms with Gasteiger partial charge in [-0.25, -0.2) is 9.59 Å². The number of carbonyl (C=O) groups excluding carboxylic acids is 1. The van der Waals surface area contributed by atoms with Crippen molar-refractivity contribution < 1.29 is 14.7 Å². The molecule has 0 spiro atoms. The number of carboxylic acids is 1. The van der Waals surface area contributed by atoms with Crippen molar-refractivity contribution in [1.82, 2.24) is 25.4 Å². The molecule has 19 heavy (non-hydrogen) atoms. The van der Waals surface area contributed by atoms with Crippen LogP contribution in [0.4, 0.5) is 4.79 Å². The molecule has 3 N–H and O–H groups in total. The van der Waals surface area contributed by atoms with Gasteiger partial charge >= 0.3 is 12.0 Å². The Hall–Kier alpha value is -2.12. The Morgan fingerprint density at radius 3 is 2.37 bits per heavy atom. The summed E-state index contributed by atoms with van der Waals surface area (Å²) in [4.78, 5) is 22.7. The van der Waals surface area contributed by atoms with Crippen LogP contribution in [-0.4, -0.2) is 37.9 Å². The van der Waals surface area contributed by atoms with Crippen molar-refractivity contribution in [3.05, 3.63) is 12.2 Å². The predicted molar refractivity (Wildman–Crippen MR) is 67.3 cm³/mol. The fourth-order valence-electron chi connectivity index (χ4n) is 1.64. The third kappa shape index (κ3) is 3.94. The van der Waals surface area contributed by atoms with E-state index in [-0.39, 0.29) is 12.0 Å². The van der Waals surface area contributed by atoms with Crippen molar-refractivity contribution >= 4 is 12.0 Å². The second-order valence-corrected chi connectivity index (χ2v) is 4.70. The van der Waals surface area contributed by atoms with Crippen LogP contribution in [0, 0.1) is 5.92 Å². The van der Waals surface area contributed by atoms with E-state index in [9.17, 15) is 9.59 Å². The summed E-state index contributed by atoms with van der Waals surface area (Å²) in [5, 5.41) is 21.6. The third-order valence-electron chi connectivity index (χ3n) is 2.70. The molecule has 2 amide bonds. The molecule has 2 unspecified atom stereocenters. The van der Waals surface area contributed by atoms with Crippen LogP contribution >= 0.6 is 0 Å². The summed E-state index contributed by atoms with van der Waals surface area (Å²) in [6, 6.07) is -1.84. The lowest BCUT2D eigenvalue weighted by Crippen LogP contribution is -2.49. The minimum atomic E-state index is -1.06. The van der Waals surface area contributed by atoms with Gasteiger partial charge in [-0.15, -0.1) is 10.2 Å². The van der Waals surface area contributed by atoms with Crippen molar-refractivity contribution in [3.63, 3.8) is 0 Å². The highest BCUT2D eigenvalue weighted by Gasteiger charge is 2.24. The molecular weight excluding hydrogens is 250 g/mol. The van der Waals surface area contributed by atoms with E-state index in [0.717, 1.165) is 0 Å². The van der Waals surface area contributed by atoms with Crippen molar-refractivity contribution in [2.24, 2.45) is 13.0 Å². The molecule has 0 radical (unpaired) electrons. The number of carboxylic acid groups (broad SMARTS) is 1. The SMILES string of the molecule is CC(NC(=O)NC(C(=O)O)C(C)C)c1nncn1C. The average molecular weight is 269 g/mol. The minimum absolute atomic E-state index is 0.201. The first-order valence-electron chi connectivity index (χ1n) is 5.96. The largest absolute Gasteiger partial charge is 0.480 e. The highest BCUT2D eigenvalue weighted by Crippen LogP contribution is 2.07. The van der Waals surface area contributed by atoms with Gasteiger partial charge in [-0.3, -0.25) is 0 Å². The Labute approximate surface area is 111 Å². The van der Waals surface area contributed by atoms with Gasteiger partial charge in [0.15, 0.2) is 5.82 Å². The van der Waals surface area contributed by atoms with Gasteiger partial charge in [-0.05, 0) is 12.8 Å². The molecule has 0 saturated heterocycles. The summed E-state index contributed by atoms with van der Waals surface area (Å²) in [5.41, 5.74) is 0. The maximum absolute atomic E-state index is 11.7. The van der Waals surface area contributed by atoms with Gasteiger partial charge in [0.2, 0.25) is 0 Å². The maximum atomic E-state index is 11.7. The Kier molecular flexibility index (Phi) is 4.85. The third-order valence-corrected chi connectivity index (χ3v) is 2.70. The standard InChI is InChI=1S/C11H19N5O3/c1-6(2)8(10(17)18)14-11(19)13-7(3)9-15-12-5-16(9)4/h5-8H,1-4H3,(H,17,18)(H2,13,14,19). The number of nitrogens with one attached hydrogen (secondary N) is 2. The molecule has 106 valence electrons. The van der Waals surface area contributed by atoms with E-state index in [1.54, 1.807) is 32.4 Å². The normalized spacial score (nSPS) is 13.9. The average Bonchev–Trinajstić information content (AvgIpc) is 2.71. The second kappa shape index (κ2) is 6.17. The fraction of sp³-hybridized carbons (Fsp3) is 0.636. The molecule has 0 aliphatic rings. The highest BCUT2D eigenvalue weighted by atomic mass is 16.4. The van der Waals surface area contributed by atoms with Gasteiger partial charge in [0.25, 0.3) is 0 Å². The summed E-state index contributed by atoms with van der Waals surface area (Å²) in [5.74, 6) is -0.670. The van der Waals surface area contributed by atoms with Crippen LogP contribution in [0.3, 0.4) is 0 Å². The number of nitrogens with zero attached hydrogens (tertiary/aromatic N) is 3. The zero-order chi connectivity index (χ0) is 14.6. The smallest absolute Gasteiger partial charge is 0.326 e. The van der Waals surface area contributed by atoms with Gasteiger partial charge in [0, 0.05) is 7.05 Å². The quantitative estimate of drug-likeness (QED) is 0.711. The Balaban J connectivity index is 2.60. The second-order valence-electron chi connectivity index (χ2n) is 4.70. The van der Waals surface area contributed by atoms with Gasteiger partial charge in [-0.1, -0.05) is 13.8 Å². The molecule has 8 nitrogen and oxygen atoms in total. The lowest BCUT2D eigenvalue weighted by molar-refractivity contribution is -0.140. The van der Waals surface area contributed by atoms with E-state index >= 15 is 0 Å². The monoisotopic (exact) mass is 269 g/mol. The molecule has 0 bridgehead atoms. The van der Waals surface area contributed by atoms with Crippen molar-refractivity contribution in [1.29, 1.82) is 0 Å². The van der Waals surface area contributed by atoms with Crippen LogP contribution in [0.2, 0.25) is 0 Å². The summed E-state index contributed by atoms with van der Waals surface area (Å²) in [7, 11) is 1.76. The van der Waals surface area contributed by atoms with Gasteiger partial charge in [-0.2, -0.15) is 0 Å². The molecule has 0 saturated carbocycles. The van der Waals surface area contributed by atoms with E-state index < -0.39 is 18.0 Å². The van der Waals surface area contributed by atoms with E-state index in [1.165, 1.54) is 6.33 Å². The van der Waals surface area contributed by atoms with Crippen molar-refractivity contribution in [2.45, 2.75) is 32.9 Å². The maximum Gasteiger partial charge on any atom is 0.326 e. The summed E-state index contributed by atoms with van der Waals surface area (Å²) < 4.78 is 1.68. The van der Waals surface area contributed by atoms with E-state index in [2.05, 4.69) is 20.8 Å². The van der Waals surface area contributed by atoms with Gasteiger partial charge < -0.3 is 20.3 Å². The number of aliphatic carboxylic acids is 1. The van der Waals surface area contributed by atoms with Crippen LogP contribution in [0.25, 0.3) is 0 Å². The number of aryl methyl sites for hydroxylation is 1. The number of urea groups is 1. The van der Waals surface area contributed by atoms with Crippen LogP contribution in [0.1, 0.15) is 32.6 Å². The molecule has 0 aromatic carbocycles. The first-order chi connectivity index (χ1) is 8.82. The first-order valence-corrected chi connectivity index (χ1v) is 5.96. The van der Waals surface area contributed by atoms with Crippen molar-refractivity contribution in [3.8, 4) is 0 Å². The number of hydrogen-bond donors (Lipinski definition) is 3. The van der Waals surface area contributed by atoms with E-state index in [4.69, 9.17) is 5.11 Å². The lowest BCUT2D eigenvalue weighted by atomic mass is 10.1. The van der Waals surface area contributed by atoms with Crippen LogP contribution in [0.5, 0.6) is 0 Å². The number of carbonyl (C=O) groups is 2. The molecule has 1 rings (SSSR count). The Morgan fingerprint density at radius 1 is 1.32 bits per heavy atom. The molecule has 0 aliphatic carbocycles. The lowest BCUT2D eigenvalue weighted by Gasteiger charge is -2.20. The number of amides is 2. The minimum Gasteiger partial charge on any atom is -0.480 e. The zero-order valence-electron chi connectivity index (χ0n) is 11.4. The van der Waals surface area contributed by atoms with Crippen LogP contribution in [-0.2, 0) is 11.8 Å². The van der Waals surface area contributed by atoms with Gasteiger partial charge in [0.05, 0.1) is 6.04 Å².